The van der Waals surface area contributed by atoms with E-state index < -0.39 is 17.4 Å². The standard InChI is InChI=1S/C7H12N2O3S/c1-3-7(4(2)5(10)11)6(12)8-13-9-7/h4,9H,3H2,1-2H3,(H,8,12)(H,10,11). The highest BCUT2D eigenvalue weighted by molar-refractivity contribution is 7.96. The Labute approximate surface area is 80.5 Å². The number of carboxylic acids is 1. The van der Waals surface area contributed by atoms with Crippen LogP contribution in [-0.4, -0.2) is 27.6 Å². The molecule has 1 rings (SSSR count). The zero-order chi connectivity index (χ0) is 10.1. The molecular formula is C7H12N2O3S. The minimum Gasteiger partial charge on any atom is -0.495 e. The minimum atomic E-state index is -0.946. The summed E-state index contributed by atoms with van der Waals surface area (Å²) in [5.41, 5.74) is -0.906. The first kappa shape index (κ1) is 10.3. The maximum Gasteiger partial charge on any atom is 0.308 e. The smallest absolute Gasteiger partial charge is 0.308 e. The molecule has 0 amide bonds. The van der Waals surface area contributed by atoms with Gasteiger partial charge in [0.2, 0.25) is 5.90 Å². The van der Waals surface area contributed by atoms with Crippen LogP contribution in [-0.2, 0) is 4.79 Å². The van der Waals surface area contributed by atoms with Crippen LogP contribution in [0, 0.1) is 5.92 Å². The van der Waals surface area contributed by atoms with Crippen LogP contribution < -0.4 is 4.72 Å². The predicted molar refractivity (Wildman–Crippen MR) is 50.6 cm³/mol. The van der Waals surface area contributed by atoms with E-state index in [0.29, 0.717) is 6.42 Å². The summed E-state index contributed by atoms with van der Waals surface area (Å²) in [6.45, 7) is 3.36. The molecule has 0 bridgehead atoms. The van der Waals surface area contributed by atoms with Gasteiger partial charge in [-0.1, -0.05) is 6.92 Å². The molecule has 1 heterocycles. The average molecular weight is 204 g/mol. The number of aliphatic hydroxyl groups excluding tert-OH is 1. The van der Waals surface area contributed by atoms with E-state index in [1.54, 1.807) is 6.92 Å². The number of nitrogens with one attached hydrogen (secondary N) is 1. The summed E-state index contributed by atoms with van der Waals surface area (Å²) in [6.07, 6.45) is 0.489. The molecule has 0 saturated carbocycles. The maximum atomic E-state index is 10.8. The maximum absolute atomic E-state index is 10.8. The summed E-state index contributed by atoms with van der Waals surface area (Å²) in [4.78, 5) is 10.8. The van der Waals surface area contributed by atoms with Gasteiger partial charge in [0.15, 0.2) is 0 Å². The van der Waals surface area contributed by atoms with E-state index in [9.17, 15) is 9.90 Å². The van der Waals surface area contributed by atoms with Crippen molar-refractivity contribution in [3.63, 3.8) is 0 Å². The van der Waals surface area contributed by atoms with E-state index >= 15 is 0 Å². The molecule has 0 saturated heterocycles. The molecule has 0 spiro atoms. The Morgan fingerprint density at radius 1 is 1.85 bits per heavy atom. The van der Waals surface area contributed by atoms with Gasteiger partial charge in [0.05, 0.1) is 18.1 Å². The number of rotatable bonds is 3. The van der Waals surface area contributed by atoms with Crippen molar-refractivity contribution in [2.75, 3.05) is 0 Å². The lowest BCUT2D eigenvalue weighted by atomic mass is 9.83. The fourth-order valence-corrected chi connectivity index (χ4v) is 2.17. The molecule has 0 aromatic carbocycles. The molecule has 0 aliphatic carbocycles. The highest BCUT2D eigenvalue weighted by Crippen LogP contribution is 2.31. The Hall–Kier alpha value is -0.750. The molecule has 6 heteroatoms. The predicted octanol–water partition coefficient (Wildman–Crippen LogP) is 0.979. The van der Waals surface area contributed by atoms with E-state index in [1.807, 2.05) is 6.92 Å². The summed E-state index contributed by atoms with van der Waals surface area (Å²) in [7, 11) is 0. The van der Waals surface area contributed by atoms with E-state index in [1.165, 1.54) is 0 Å². The number of carbonyl (C=O) groups is 1. The molecule has 0 aromatic heterocycles. The van der Waals surface area contributed by atoms with E-state index in [-0.39, 0.29) is 5.90 Å². The van der Waals surface area contributed by atoms with Crippen molar-refractivity contribution in [2.45, 2.75) is 25.8 Å². The Morgan fingerprint density at radius 3 is 2.77 bits per heavy atom. The second-order valence-corrected chi connectivity index (χ2v) is 3.56. The fraction of sp³-hybridized carbons (Fsp3) is 0.714. The van der Waals surface area contributed by atoms with Crippen molar-refractivity contribution < 1.29 is 15.0 Å². The second kappa shape index (κ2) is 3.55. The molecule has 13 heavy (non-hydrogen) atoms. The largest absolute Gasteiger partial charge is 0.495 e. The van der Waals surface area contributed by atoms with Crippen LogP contribution in [0.25, 0.3) is 0 Å². The van der Waals surface area contributed by atoms with Gasteiger partial charge in [-0.3, -0.25) is 4.79 Å². The Morgan fingerprint density at radius 2 is 2.46 bits per heavy atom. The fourth-order valence-electron chi connectivity index (χ4n) is 1.30. The first-order chi connectivity index (χ1) is 6.04. The van der Waals surface area contributed by atoms with Crippen molar-refractivity contribution in [2.24, 2.45) is 10.3 Å². The lowest BCUT2D eigenvalue weighted by Gasteiger charge is -2.29. The van der Waals surface area contributed by atoms with Crippen molar-refractivity contribution in [3.8, 4) is 0 Å². The Balaban J connectivity index is 2.94. The quantitative estimate of drug-likeness (QED) is 0.597. The van der Waals surface area contributed by atoms with E-state index in [2.05, 4.69) is 9.12 Å². The highest BCUT2D eigenvalue weighted by Gasteiger charge is 2.47. The molecule has 5 nitrogen and oxygen atoms in total. The number of hydrogen-bond donors (Lipinski definition) is 3. The Bertz CT molecular complexity index is 256. The molecular weight excluding hydrogens is 192 g/mol. The monoisotopic (exact) mass is 204 g/mol. The van der Waals surface area contributed by atoms with Gasteiger partial charge in [-0.15, -0.1) is 0 Å². The van der Waals surface area contributed by atoms with Crippen molar-refractivity contribution in [3.05, 3.63) is 0 Å². The first-order valence-electron chi connectivity index (χ1n) is 3.98. The van der Waals surface area contributed by atoms with Crippen LogP contribution in [0.1, 0.15) is 20.3 Å². The summed E-state index contributed by atoms with van der Waals surface area (Å²) in [5.74, 6) is -1.77. The van der Waals surface area contributed by atoms with Crippen molar-refractivity contribution >= 4 is 24.0 Å². The number of aliphatic carboxylic acids is 1. The second-order valence-electron chi connectivity index (χ2n) is 2.99. The van der Waals surface area contributed by atoms with Gasteiger partial charge in [-0.05, 0) is 13.3 Å². The molecule has 2 atom stereocenters. The lowest BCUT2D eigenvalue weighted by Crippen LogP contribution is -2.53. The summed E-state index contributed by atoms with van der Waals surface area (Å²) >= 11 is 0.984. The van der Waals surface area contributed by atoms with E-state index in [0.717, 1.165) is 12.1 Å². The van der Waals surface area contributed by atoms with Crippen LogP contribution in [0.3, 0.4) is 0 Å². The third kappa shape index (κ3) is 1.51. The van der Waals surface area contributed by atoms with E-state index in [4.69, 9.17) is 5.11 Å². The van der Waals surface area contributed by atoms with Crippen LogP contribution in [0.4, 0.5) is 0 Å². The number of aliphatic hydroxyl groups is 1. The summed E-state index contributed by atoms with van der Waals surface area (Å²) in [6, 6.07) is 0. The van der Waals surface area contributed by atoms with Gasteiger partial charge >= 0.3 is 5.97 Å². The van der Waals surface area contributed by atoms with Gasteiger partial charge in [-0.25, -0.2) is 4.72 Å². The SMILES string of the molecule is CCC1(C(C)C(=O)O)NSN=C1O. The van der Waals surface area contributed by atoms with Crippen LogP contribution in [0.15, 0.2) is 4.40 Å². The average Bonchev–Trinajstić information content (AvgIpc) is 2.46. The number of hydrogen-bond acceptors (Lipinski definition) is 4. The van der Waals surface area contributed by atoms with Gasteiger partial charge in [0.25, 0.3) is 0 Å². The topological polar surface area (TPSA) is 81.9 Å². The van der Waals surface area contributed by atoms with Crippen LogP contribution in [0.5, 0.6) is 0 Å². The summed E-state index contributed by atoms with van der Waals surface area (Å²) in [5, 5.41) is 18.3. The highest BCUT2D eigenvalue weighted by atomic mass is 32.2. The number of nitrogens with zero attached hydrogens (tertiary/aromatic N) is 1. The molecule has 74 valence electrons. The number of carboxylic acid groups (broad SMARTS) is 1. The summed E-state index contributed by atoms with van der Waals surface area (Å²) < 4.78 is 6.51. The van der Waals surface area contributed by atoms with Crippen molar-refractivity contribution in [1.82, 2.24) is 4.72 Å². The van der Waals surface area contributed by atoms with Crippen molar-refractivity contribution in [1.29, 1.82) is 0 Å². The lowest BCUT2D eigenvalue weighted by molar-refractivity contribution is -0.142. The molecule has 3 N–H and O–H groups in total. The van der Waals surface area contributed by atoms with Crippen LogP contribution in [0.2, 0.25) is 0 Å². The zero-order valence-corrected chi connectivity index (χ0v) is 8.26. The molecule has 0 radical (unpaired) electrons. The van der Waals surface area contributed by atoms with Crippen LogP contribution >= 0.6 is 12.1 Å². The molecule has 1 aliphatic heterocycles. The third-order valence-corrected chi connectivity index (χ3v) is 3.15. The van der Waals surface area contributed by atoms with Gasteiger partial charge in [-0.2, -0.15) is 4.40 Å². The molecule has 1 aliphatic rings. The first-order valence-corrected chi connectivity index (χ1v) is 4.75. The molecule has 0 fully saturated rings. The van der Waals surface area contributed by atoms with Gasteiger partial charge in [0, 0.05) is 0 Å². The molecule has 0 aromatic rings. The van der Waals surface area contributed by atoms with Gasteiger partial charge < -0.3 is 10.2 Å². The zero-order valence-electron chi connectivity index (χ0n) is 7.44. The normalized spacial score (nSPS) is 29.8. The Kier molecular flexibility index (Phi) is 2.82. The minimum absolute atomic E-state index is 0.130. The third-order valence-electron chi connectivity index (χ3n) is 2.43. The van der Waals surface area contributed by atoms with Gasteiger partial charge in [0.1, 0.15) is 5.54 Å². The molecule has 2 unspecified atom stereocenters.